The van der Waals surface area contributed by atoms with E-state index in [0.29, 0.717) is 40.8 Å². The van der Waals surface area contributed by atoms with Gasteiger partial charge in [0.25, 0.3) is 0 Å². The molecule has 5 aromatic rings. The SMILES string of the molecule is Fc1ccccc1-c1nc(CN(CCn2cccn2)Cc2csc(-c3ccccc3F)n2)cs1. The summed E-state index contributed by atoms with van der Waals surface area (Å²) in [6, 6.07) is 15.2. The van der Waals surface area contributed by atoms with E-state index in [2.05, 4.69) is 20.0 Å². The Hall–Kier alpha value is -3.27. The Morgan fingerprint density at radius 2 is 1.32 bits per heavy atom. The van der Waals surface area contributed by atoms with E-state index in [0.717, 1.165) is 17.9 Å². The van der Waals surface area contributed by atoms with E-state index >= 15 is 0 Å². The monoisotopic (exact) mass is 493 g/mol. The van der Waals surface area contributed by atoms with Crippen molar-refractivity contribution in [2.75, 3.05) is 6.54 Å². The number of thiazole rings is 2. The van der Waals surface area contributed by atoms with Crippen LogP contribution in [0.25, 0.3) is 21.1 Å². The van der Waals surface area contributed by atoms with Crippen molar-refractivity contribution in [1.82, 2.24) is 24.6 Å². The highest BCUT2D eigenvalue weighted by molar-refractivity contribution is 7.13. The minimum Gasteiger partial charge on any atom is -0.290 e. The molecule has 0 radical (unpaired) electrons. The molecule has 3 aromatic heterocycles. The third-order valence-corrected chi connectivity index (χ3v) is 7.14. The Bertz CT molecular complexity index is 1280. The first-order valence-electron chi connectivity index (χ1n) is 10.7. The second kappa shape index (κ2) is 10.3. The molecule has 2 aromatic carbocycles. The number of nitrogens with zero attached hydrogens (tertiary/aromatic N) is 5. The lowest BCUT2D eigenvalue weighted by molar-refractivity contribution is 0.237. The second-order valence-corrected chi connectivity index (χ2v) is 9.44. The number of rotatable bonds is 9. The van der Waals surface area contributed by atoms with Gasteiger partial charge in [0, 0.05) is 53.9 Å². The highest BCUT2D eigenvalue weighted by atomic mass is 32.1. The summed E-state index contributed by atoms with van der Waals surface area (Å²) >= 11 is 2.87. The lowest BCUT2D eigenvalue weighted by Crippen LogP contribution is -2.27. The zero-order valence-corrected chi connectivity index (χ0v) is 19.8. The number of halogens is 2. The molecular formula is C25H21F2N5S2. The van der Waals surface area contributed by atoms with Crippen LogP contribution >= 0.6 is 22.7 Å². The van der Waals surface area contributed by atoms with Crippen LogP contribution in [-0.2, 0) is 19.6 Å². The van der Waals surface area contributed by atoms with Crippen molar-refractivity contribution in [2.45, 2.75) is 19.6 Å². The van der Waals surface area contributed by atoms with Crippen LogP contribution in [0.15, 0.2) is 77.8 Å². The summed E-state index contributed by atoms with van der Waals surface area (Å²) in [5.74, 6) is -0.552. The van der Waals surface area contributed by atoms with E-state index < -0.39 is 0 Å². The van der Waals surface area contributed by atoms with Gasteiger partial charge in [0.15, 0.2) is 0 Å². The first-order valence-corrected chi connectivity index (χ1v) is 12.5. The van der Waals surface area contributed by atoms with Gasteiger partial charge in [-0.05, 0) is 30.3 Å². The first-order chi connectivity index (χ1) is 16.7. The van der Waals surface area contributed by atoms with E-state index in [9.17, 15) is 8.78 Å². The van der Waals surface area contributed by atoms with E-state index in [4.69, 9.17) is 0 Å². The fourth-order valence-corrected chi connectivity index (χ4v) is 5.30. The maximum atomic E-state index is 14.2. The molecule has 0 saturated carbocycles. The summed E-state index contributed by atoms with van der Waals surface area (Å²) in [6.45, 7) is 2.60. The highest BCUT2D eigenvalue weighted by Gasteiger charge is 2.15. The summed E-state index contributed by atoms with van der Waals surface area (Å²) in [5.41, 5.74) is 2.76. The number of aromatic nitrogens is 4. The molecule has 5 nitrogen and oxygen atoms in total. The van der Waals surface area contributed by atoms with Gasteiger partial charge in [-0.1, -0.05) is 24.3 Å². The highest BCUT2D eigenvalue weighted by Crippen LogP contribution is 2.28. The molecule has 0 spiro atoms. The topological polar surface area (TPSA) is 46.8 Å². The molecule has 0 aliphatic heterocycles. The van der Waals surface area contributed by atoms with Gasteiger partial charge < -0.3 is 0 Å². The summed E-state index contributed by atoms with van der Waals surface area (Å²) in [6.07, 6.45) is 3.68. The normalized spacial score (nSPS) is 11.4. The molecule has 0 aliphatic rings. The molecule has 0 saturated heterocycles. The van der Waals surface area contributed by atoms with Gasteiger partial charge in [0.05, 0.1) is 17.9 Å². The van der Waals surface area contributed by atoms with Gasteiger partial charge in [0.2, 0.25) is 0 Å². The Morgan fingerprint density at radius 3 is 1.82 bits per heavy atom. The smallest absolute Gasteiger partial charge is 0.133 e. The summed E-state index contributed by atoms with van der Waals surface area (Å²) in [4.78, 5) is 11.6. The molecule has 0 fully saturated rings. The fourth-order valence-electron chi connectivity index (χ4n) is 3.62. The van der Waals surface area contributed by atoms with E-state index in [1.807, 2.05) is 39.8 Å². The predicted octanol–water partition coefficient (Wildman–Crippen LogP) is 6.11. The molecule has 0 N–H and O–H groups in total. The lowest BCUT2D eigenvalue weighted by atomic mass is 10.2. The zero-order valence-electron chi connectivity index (χ0n) is 18.1. The van der Waals surface area contributed by atoms with Gasteiger partial charge in [0.1, 0.15) is 21.6 Å². The molecular weight excluding hydrogens is 472 g/mol. The van der Waals surface area contributed by atoms with Gasteiger partial charge in [-0.15, -0.1) is 22.7 Å². The largest absolute Gasteiger partial charge is 0.290 e. The maximum absolute atomic E-state index is 14.2. The summed E-state index contributed by atoms with van der Waals surface area (Å²) in [7, 11) is 0. The van der Waals surface area contributed by atoms with Crippen molar-refractivity contribution in [3.05, 3.63) is 101 Å². The van der Waals surface area contributed by atoms with Crippen molar-refractivity contribution in [3.8, 4) is 21.1 Å². The van der Waals surface area contributed by atoms with E-state index in [-0.39, 0.29) is 11.6 Å². The van der Waals surface area contributed by atoms with Crippen molar-refractivity contribution >= 4 is 22.7 Å². The molecule has 34 heavy (non-hydrogen) atoms. The molecule has 0 atom stereocenters. The molecule has 5 rings (SSSR count). The van der Waals surface area contributed by atoms with Crippen molar-refractivity contribution in [2.24, 2.45) is 0 Å². The van der Waals surface area contributed by atoms with Gasteiger partial charge in [-0.2, -0.15) is 5.10 Å². The standard InChI is InChI=1S/C25H21F2N5S2/c26-22-8-3-1-6-20(22)24-29-18(16-33-24)14-31(12-13-32-11-5-10-28-32)15-19-17-34-25(30-19)21-7-2-4-9-23(21)27/h1-11,16-17H,12-15H2. The molecule has 0 bridgehead atoms. The molecule has 9 heteroatoms. The van der Waals surface area contributed by atoms with Crippen LogP contribution in [-0.4, -0.2) is 31.2 Å². The van der Waals surface area contributed by atoms with Crippen LogP contribution in [0.2, 0.25) is 0 Å². The molecule has 0 unspecified atom stereocenters. The van der Waals surface area contributed by atoms with Crippen LogP contribution in [0.3, 0.4) is 0 Å². The third kappa shape index (κ3) is 5.27. The van der Waals surface area contributed by atoms with Crippen LogP contribution < -0.4 is 0 Å². The maximum Gasteiger partial charge on any atom is 0.133 e. The summed E-state index contributed by atoms with van der Waals surface area (Å²) in [5, 5.41) is 9.55. The Balaban J connectivity index is 1.34. The fraction of sp³-hybridized carbons (Fsp3) is 0.160. The average molecular weight is 494 g/mol. The van der Waals surface area contributed by atoms with Gasteiger partial charge in [-0.25, -0.2) is 18.7 Å². The molecule has 0 amide bonds. The minimum atomic E-state index is -0.276. The molecule has 0 aliphatic carbocycles. The Morgan fingerprint density at radius 1 is 0.765 bits per heavy atom. The molecule has 172 valence electrons. The average Bonchev–Trinajstić information content (AvgIpc) is 3.61. The van der Waals surface area contributed by atoms with Crippen molar-refractivity contribution in [3.63, 3.8) is 0 Å². The van der Waals surface area contributed by atoms with E-state index in [1.54, 1.807) is 30.5 Å². The van der Waals surface area contributed by atoms with Gasteiger partial charge in [-0.3, -0.25) is 9.58 Å². The number of hydrogen-bond donors (Lipinski definition) is 0. The lowest BCUT2D eigenvalue weighted by Gasteiger charge is -2.20. The molecule has 3 heterocycles. The van der Waals surface area contributed by atoms with Gasteiger partial charge >= 0.3 is 0 Å². The van der Waals surface area contributed by atoms with Crippen LogP contribution in [0.1, 0.15) is 11.4 Å². The zero-order chi connectivity index (χ0) is 23.3. The van der Waals surface area contributed by atoms with E-state index in [1.165, 1.54) is 34.8 Å². The van der Waals surface area contributed by atoms with Crippen molar-refractivity contribution in [1.29, 1.82) is 0 Å². The van der Waals surface area contributed by atoms with Crippen molar-refractivity contribution < 1.29 is 8.78 Å². The number of benzene rings is 2. The van der Waals surface area contributed by atoms with Crippen LogP contribution in [0.4, 0.5) is 8.78 Å². The predicted molar refractivity (Wildman–Crippen MR) is 131 cm³/mol. The number of hydrogen-bond acceptors (Lipinski definition) is 6. The summed E-state index contributed by atoms with van der Waals surface area (Å²) < 4.78 is 30.3. The Labute approximate surface area is 204 Å². The Kier molecular flexibility index (Phi) is 6.84. The van der Waals surface area contributed by atoms with Crippen LogP contribution in [0, 0.1) is 11.6 Å². The first kappa shape index (κ1) is 22.5. The van der Waals surface area contributed by atoms with Crippen LogP contribution in [0.5, 0.6) is 0 Å². The quantitative estimate of drug-likeness (QED) is 0.249. The minimum absolute atomic E-state index is 0.276. The second-order valence-electron chi connectivity index (χ2n) is 7.73. The third-order valence-electron chi connectivity index (χ3n) is 5.29.